The number of amides is 1. The molecule has 0 aromatic rings. The van der Waals surface area contributed by atoms with Gasteiger partial charge in [-0.3, -0.25) is 4.79 Å². The van der Waals surface area contributed by atoms with E-state index in [9.17, 15) is 10.0 Å². The van der Waals surface area contributed by atoms with Crippen LogP contribution in [-0.4, -0.2) is 28.3 Å². The second kappa shape index (κ2) is 6.38. The number of carbonyl (C=O) groups excluding carboxylic acids is 1. The maximum absolute atomic E-state index is 11.1. The van der Waals surface area contributed by atoms with Gasteiger partial charge >= 0.3 is 0 Å². The van der Waals surface area contributed by atoms with Gasteiger partial charge in [0.15, 0.2) is 0 Å². The van der Waals surface area contributed by atoms with E-state index < -0.39 is 18.0 Å². The van der Waals surface area contributed by atoms with Crippen molar-refractivity contribution in [2.75, 3.05) is 0 Å². The van der Waals surface area contributed by atoms with Gasteiger partial charge in [-0.15, -0.1) is 0 Å². The molecular weight excluding hydrogens is 194 g/mol. The van der Waals surface area contributed by atoms with Crippen LogP contribution in [0.25, 0.3) is 0 Å². The van der Waals surface area contributed by atoms with E-state index >= 15 is 0 Å². The van der Waals surface area contributed by atoms with E-state index in [0.29, 0.717) is 6.42 Å². The van der Waals surface area contributed by atoms with Gasteiger partial charge in [0.1, 0.15) is 12.1 Å². The number of nitriles is 1. The highest BCUT2D eigenvalue weighted by Crippen LogP contribution is 2.14. The van der Waals surface area contributed by atoms with Crippen molar-refractivity contribution >= 4 is 5.91 Å². The van der Waals surface area contributed by atoms with Crippen molar-refractivity contribution in [3.05, 3.63) is 0 Å². The standard InChI is InChI=1S/C10H19N3O2/c1-4-5-8(10(12)14)13(15)9(6-11)7(2)3/h7-9,15H,4-5H2,1-3H3,(H2,12,14). The number of rotatable bonds is 6. The molecule has 0 radical (unpaired) electrons. The summed E-state index contributed by atoms with van der Waals surface area (Å²) in [6.45, 7) is 5.50. The largest absolute Gasteiger partial charge is 0.368 e. The summed E-state index contributed by atoms with van der Waals surface area (Å²) in [5.41, 5.74) is 5.17. The van der Waals surface area contributed by atoms with E-state index in [0.717, 1.165) is 11.5 Å². The lowest BCUT2D eigenvalue weighted by Crippen LogP contribution is -2.49. The van der Waals surface area contributed by atoms with Gasteiger partial charge in [-0.2, -0.15) is 10.3 Å². The fraction of sp³-hybridized carbons (Fsp3) is 0.800. The summed E-state index contributed by atoms with van der Waals surface area (Å²) in [5.74, 6) is -0.654. The number of nitrogens with two attached hydrogens (primary N) is 1. The molecule has 0 rings (SSSR count). The van der Waals surface area contributed by atoms with Gasteiger partial charge in [-0.25, -0.2) is 0 Å². The Kier molecular flexibility index (Phi) is 5.90. The Morgan fingerprint density at radius 2 is 2.13 bits per heavy atom. The summed E-state index contributed by atoms with van der Waals surface area (Å²) < 4.78 is 0. The smallest absolute Gasteiger partial charge is 0.237 e. The van der Waals surface area contributed by atoms with Gasteiger partial charge in [0, 0.05) is 0 Å². The Balaban J connectivity index is 4.68. The van der Waals surface area contributed by atoms with Gasteiger partial charge in [-0.05, 0) is 12.3 Å². The molecule has 0 aliphatic heterocycles. The zero-order valence-electron chi connectivity index (χ0n) is 9.47. The lowest BCUT2D eigenvalue weighted by Gasteiger charge is -2.29. The summed E-state index contributed by atoms with van der Waals surface area (Å²) in [6.07, 6.45) is 1.18. The van der Waals surface area contributed by atoms with E-state index in [1.165, 1.54) is 0 Å². The maximum Gasteiger partial charge on any atom is 0.237 e. The lowest BCUT2D eigenvalue weighted by molar-refractivity contribution is -0.168. The molecule has 0 aromatic heterocycles. The molecule has 0 spiro atoms. The van der Waals surface area contributed by atoms with E-state index in [2.05, 4.69) is 0 Å². The quantitative estimate of drug-likeness (QED) is 0.641. The van der Waals surface area contributed by atoms with Crippen LogP contribution in [-0.2, 0) is 4.79 Å². The van der Waals surface area contributed by atoms with Gasteiger partial charge < -0.3 is 10.9 Å². The molecule has 0 heterocycles. The van der Waals surface area contributed by atoms with Crippen molar-refractivity contribution in [1.82, 2.24) is 5.06 Å². The zero-order chi connectivity index (χ0) is 12.0. The summed E-state index contributed by atoms with van der Waals surface area (Å²) >= 11 is 0. The van der Waals surface area contributed by atoms with Crippen LogP contribution in [0.5, 0.6) is 0 Å². The first-order chi connectivity index (χ1) is 6.95. The topological polar surface area (TPSA) is 90.3 Å². The molecule has 15 heavy (non-hydrogen) atoms. The summed E-state index contributed by atoms with van der Waals surface area (Å²) in [7, 11) is 0. The SMILES string of the molecule is CCCC(C(N)=O)N(O)C(C#N)C(C)C. The van der Waals surface area contributed by atoms with Crippen molar-refractivity contribution in [1.29, 1.82) is 5.26 Å². The number of hydroxylamine groups is 2. The van der Waals surface area contributed by atoms with E-state index in [1.54, 1.807) is 13.8 Å². The molecule has 1 amide bonds. The average molecular weight is 213 g/mol. The molecule has 5 nitrogen and oxygen atoms in total. The van der Waals surface area contributed by atoms with Crippen LogP contribution in [0, 0.1) is 17.2 Å². The van der Waals surface area contributed by atoms with Gasteiger partial charge in [0.25, 0.3) is 0 Å². The van der Waals surface area contributed by atoms with E-state index in [4.69, 9.17) is 11.0 Å². The third-order valence-corrected chi connectivity index (χ3v) is 2.26. The van der Waals surface area contributed by atoms with Crippen molar-refractivity contribution in [2.24, 2.45) is 11.7 Å². The first-order valence-corrected chi connectivity index (χ1v) is 5.11. The molecule has 0 saturated heterocycles. The zero-order valence-corrected chi connectivity index (χ0v) is 9.47. The Hall–Kier alpha value is -1.12. The molecule has 0 aliphatic rings. The highest BCUT2D eigenvalue weighted by Gasteiger charge is 2.30. The number of hydrogen-bond donors (Lipinski definition) is 2. The molecule has 0 aromatic carbocycles. The maximum atomic E-state index is 11.1. The van der Waals surface area contributed by atoms with Crippen LogP contribution in [0.2, 0.25) is 0 Å². The average Bonchev–Trinajstić information content (AvgIpc) is 2.13. The fourth-order valence-electron chi connectivity index (χ4n) is 1.39. The highest BCUT2D eigenvalue weighted by molar-refractivity contribution is 5.79. The molecule has 5 heteroatoms. The Bertz CT molecular complexity index is 248. The van der Waals surface area contributed by atoms with Crippen molar-refractivity contribution in [3.8, 4) is 6.07 Å². The normalized spacial score (nSPS) is 15.0. The number of nitrogens with zero attached hydrogens (tertiary/aromatic N) is 2. The molecular formula is C10H19N3O2. The van der Waals surface area contributed by atoms with Crippen molar-refractivity contribution in [3.63, 3.8) is 0 Å². The van der Waals surface area contributed by atoms with Crippen LogP contribution in [0.1, 0.15) is 33.6 Å². The third-order valence-electron chi connectivity index (χ3n) is 2.26. The Morgan fingerprint density at radius 1 is 1.60 bits per heavy atom. The van der Waals surface area contributed by atoms with Crippen molar-refractivity contribution < 1.29 is 10.0 Å². The van der Waals surface area contributed by atoms with Gasteiger partial charge in [0.05, 0.1) is 6.07 Å². The van der Waals surface area contributed by atoms with Crippen LogP contribution >= 0.6 is 0 Å². The molecule has 0 fully saturated rings. The number of hydrogen-bond acceptors (Lipinski definition) is 4. The van der Waals surface area contributed by atoms with E-state index in [1.807, 2.05) is 13.0 Å². The predicted molar refractivity (Wildman–Crippen MR) is 55.8 cm³/mol. The van der Waals surface area contributed by atoms with Crippen molar-refractivity contribution in [2.45, 2.75) is 45.7 Å². The van der Waals surface area contributed by atoms with Gasteiger partial charge in [0.2, 0.25) is 5.91 Å². The molecule has 86 valence electrons. The van der Waals surface area contributed by atoms with Crippen LogP contribution in [0.15, 0.2) is 0 Å². The highest BCUT2D eigenvalue weighted by atomic mass is 16.5. The summed E-state index contributed by atoms with van der Waals surface area (Å²) in [4.78, 5) is 11.1. The molecule has 3 N–H and O–H groups in total. The minimum Gasteiger partial charge on any atom is -0.368 e. The fourth-order valence-corrected chi connectivity index (χ4v) is 1.39. The van der Waals surface area contributed by atoms with Gasteiger partial charge in [-0.1, -0.05) is 27.2 Å². The first-order valence-electron chi connectivity index (χ1n) is 5.11. The first kappa shape index (κ1) is 13.9. The lowest BCUT2D eigenvalue weighted by atomic mass is 10.0. The minimum absolute atomic E-state index is 0.0568. The monoisotopic (exact) mass is 213 g/mol. The van der Waals surface area contributed by atoms with Crippen LogP contribution < -0.4 is 5.73 Å². The molecule has 0 aliphatic carbocycles. The predicted octanol–water partition coefficient (Wildman–Crippen LogP) is 0.880. The Labute approximate surface area is 90.4 Å². The van der Waals surface area contributed by atoms with Crippen LogP contribution in [0.3, 0.4) is 0 Å². The number of primary amides is 1. The molecule has 0 bridgehead atoms. The van der Waals surface area contributed by atoms with Crippen LogP contribution in [0.4, 0.5) is 0 Å². The molecule has 2 atom stereocenters. The Morgan fingerprint density at radius 3 is 2.40 bits per heavy atom. The summed E-state index contributed by atoms with van der Waals surface area (Å²) in [5, 5.41) is 19.4. The second-order valence-corrected chi connectivity index (χ2v) is 3.90. The third kappa shape index (κ3) is 3.86. The minimum atomic E-state index is -0.776. The molecule has 2 unspecified atom stereocenters. The second-order valence-electron chi connectivity index (χ2n) is 3.90. The van der Waals surface area contributed by atoms with E-state index in [-0.39, 0.29) is 5.92 Å². The summed E-state index contributed by atoms with van der Waals surface area (Å²) in [6, 6.07) is 0.487. The number of carbonyl (C=O) groups is 1. The molecule has 0 saturated carbocycles.